The fourth-order valence-electron chi connectivity index (χ4n) is 4.00. The molecule has 2 aromatic heterocycles. The number of H-pyrrole nitrogens is 1. The Morgan fingerprint density at radius 1 is 1.25 bits per heavy atom. The van der Waals surface area contributed by atoms with Crippen LogP contribution in [0.4, 0.5) is 0 Å². The average Bonchev–Trinajstić information content (AvgIpc) is 3.11. The molecule has 0 radical (unpaired) electrons. The van der Waals surface area contributed by atoms with E-state index in [-0.39, 0.29) is 17.5 Å². The normalized spacial score (nSPS) is 17.2. The van der Waals surface area contributed by atoms with Crippen LogP contribution < -0.4 is 5.69 Å². The van der Waals surface area contributed by atoms with E-state index in [2.05, 4.69) is 9.97 Å². The molecule has 1 amide bonds. The monoisotopic (exact) mass is 379 g/mol. The molecule has 146 valence electrons. The molecular weight excluding hydrogens is 354 g/mol. The van der Waals surface area contributed by atoms with Crippen molar-refractivity contribution in [1.82, 2.24) is 24.4 Å². The number of hydrogen-bond acceptors (Lipinski definition) is 4. The summed E-state index contributed by atoms with van der Waals surface area (Å²) in [6.07, 6.45) is 2.28. The lowest BCUT2D eigenvalue weighted by Gasteiger charge is -2.32. The number of carbonyl (C=O) groups excluding carboxylic acids is 1. The number of piperidine rings is 1. The zero-order chi connectivity index (χ0) is 19.7. The third-order valence-electron chi connectivity index (χ3n) is 5.46. The van der Waals surface area contributed by atoms with Gasteiger partial charge in [0.1, 0.15) is 5.82 Å². The van der Waals surface area contributed by atoms with Crippen LogP contribution in [-0.4, -0.2) is 43.4 Å². The van der Waals surface area contributed by atoms with Gasteiger partial charge in [-0.05, 0) is 44.9 Å². The zero-order valence-electron chi connectivity index (χ0n) is 16.3. The molecule has 1 aliphatic rings. The number of hydrogen-bond donors (Lipinski definition) is 1. The van der Waals surface area contributed by atoms with E-state index in [0.29, 0.717) is 25.2 Å². The molecule has 1 saturated heterocycles. The Hall–Kier alpha value is -2.96. The lowest BCUT2D eigenvalue weighted by molar-refractivity contribution is -0.132. The summed E-state index contributed by atoms with van der Waals surface area (Å²) in [6, 6.07) is 9.85. The van der Waals surface area contributed by atoms with Crippen LogP contribution in [0.5, 0.6) is 0 Å². The van der Waals surface area contributed by atoms with Crippen LogP contribution in [-0.2, 0) is 11.3 Å². The van der Waals surface area contributed by atoms with Gasteiger partial charge in [-0.1, -0.05) is 12.1 Å². The third kappa shape index (κ3) is 3.69. The third-order valence-corrected chi connectivity index (χ3v) is 5.46. The van der Waals surface area contributed by atoms with Crippen LogP contribution in [0.25, 0.3) is 11.0 Å². The van der Waals surface area contributed by atoms with Crippen LogP contribution >= 0.6 is 0 Å². The van der Waals surface area contributed by atoms with E-state index in [4.69, 9.17) is 4.98 Å². The number of imidazole rings is 1. The first-order chi connectivity index (χ1) is 13.5. The molecule has 1 unspecified atom stereocenters. The molecule has 4 rings (SSSR count). The number of carbonyl (C=O) groups is 1. The maximum atomic E-state index is 12.8. The van der Waals surface area contributed by atoms with Crippen molar-refractivity contribution < 1.29 is 4.79 Å². The van der Waals surface area contributed by atoms with Gasteiger partial charge in [0.15, 0.2) is 0 Å². The highest BCUT2D eigenvalue weighted by Crippen LogP contribution is 2.27. The highest BCUT2D eigenvalue weighted by molar-refractivity contribution is 5.77. The molecule has 28 heavy (non-hydrogen) atoms. The highest BCUT2D eigenvalue weighted by atomic mass is 16.2. The molecule has 1 N–H and O–H groups in total. The Bertz CT molecular complexity index is 1040. The SMILES string of the molecule is Cc1cc(C)n(CCC(=O)N2CCCC(c3nc4ccccc4[nH]3)C2)c(=O)n1. The van der Waals surface area contributed by atoms with Crippen molar-refractivity contribution in [2.45, 2.75) is 45.6 Å². The van der Waals surface area contributed by atoms with Crippen molar-refractivity contribution in [1.29, 1.82) is 0 Å². The summed E-state index contributed by atoms with van der Waals surface area (Å²) in [4.78, 5) is 38.8. The predicted octanol–water partition coefficient (Wildman–Crippen LogP) is 2.53. The fourth-order valence-corrected chi connectivity index (χ4v) is 4.00. The van der Waals surface area contributed by atoms with Gasteiger partial charge in [0.2, 0.25) is 5.91 Å². The average molecular weight is 379 g/mol. The maximum Gasteiger partial charge on any atom is 0.347 e. The summed E-state index contributed by atoms with van der Waals surface area (Å²) in [7, 11) is 0. The molecule has 0 spiro atoms. The first kappa shape index (κ1) is 18.4. The number of fused-ring (bicyclic) bond motifs is 1. The number of benzene rings is 1. The molecule has 3 aromatic rings. The first-order valence-electron chi connectivity index (χ1n) is 9.79. The smallest absolute Gasteiger partial charge is 0.342 e. The molecule has 1 fully saturated rings. The molecule has 1 aliphatic heterocycles. The molecule has 1 aromatic carbocycles. The van der Waals surface area contributed by atoms with E-state index in [0.717, 1.165) is 41.9 Å². The van der Waals surface area contributed by atoms with Gasteiger partial charge >= 0.3 is 5.69 Å². The number of rotatable bonds is 4. The van der Waals surface area contributed by atoms with Gasteiger partial charge in [-0.2, -0.15) is 4.98 Å². The summed E-state index contributed by atoms with van der Waals surface area (Å²) >= 11 is 0. The second-order valence-corrected chi connectivity index (χ2v) is 7.54. The van der Waals surface area contributed by atoms with Crippen molar-refractivity contribution in [3.05, 3.63) is 58.0 Å². The van der Waals surface area contributed by atoms with Gasteiger partial charge in [0, 0.05) is 43.4 Å². The Morgan fingerprint density at radius 2 is 2.07 bits per heavy atom. The first-order valence-corrected chi connectivity index (χ1v) is 9.79. The minimum atomic E-state index is -0.288. The minimum Gasteiger partial charge on any atom is -0.342 e. The van der Waals surface area contributed by atoms with Crippen molar-refractivity contribution in [3.63, 3.8) is 0 Å². The van der Waals surface area contributed by atoms with E-state index in [1.807, 2.05) is 42.2 Å². The molecule has 0 saturated carbocycles. The van der Waals surface area contributed by atoms with Crippen molar-refractivity contribution in [2.24, 2.45) is 0 Å². The lowest BCUT2D eigenvalue weighted by atomic mass is 9.97. The number of nitrogens with one attached hydrogen (secondary N) is 1. The van der Waals surface area contributed by atoms with Crippen LogP contribution in [0.2, 0.25) is 0 Å². The van der Waals surface area contributed by atoms with Gasteiger partial charge in [-0.25, -0.2) is 9.78 Å². The van der Waals surface area contributed by atoms with Gasteiger partial charge < -0.3 is 9.88 Å². The summed E-state index contributed by atoms with van der Waals surface area (Å²) in [5.41, 5.74) is 3.24. The number of aromatic nitrogens is 4. The van der Waals surface area contributed by atoms with Gasteiger partial charge in [-0.3, -0.25) is 9.36 Å². The van der Waals surface area contributed by atoms with Gasteiger partial charge in [0.25, 0.3) is 0 Å². The van der Waals surface area contributed by atoms with Crippen molar-refractivity contribution >= 4 is 16.9 Å². The Kier molecular flexibility index (Phi) is 4.98. The predicted molar refractivity (Wildman–Crippen MR) is 107 cm³/mol. The Morgan fingerprint density at radius 3 is 2.86 bits per heavy atom. The standard InChI is InChI=1S/C21H25N5O2/c1-14-12-15(2)26(21(28)22-14)11-9-19(27)25-10-5-6-16(13-25)20-23-17-7-3-4-8-18(17)24-20/h3-4,7-8,12,16H,5-6,9-11,13H2,1-2H3,(H,23,24). The van der Waals surface area contributed by atoms with E-state index >= 15 is 0 Å². The van der Waals surface area contributed by atoms with Crippen LogP contribution in [0.15, 0.2) is 35.1 Å². The molecule has 0 bridgehead atoms. The van der Waals surface area contributed by atoms with Gasteiger partial charge in [0.05, 0.1) is 11.0 Å². The summed E-state index contributed by atoms with van der Waals surface area (Å²) in [5, 5.41) is 0. The highest BCUT2D eigenvalue weighted by Gasteiger charge is 2.26. The summed E-state index contributed by atoms with van der Waals surface area (Å²) in [5.74, 6) is 1.25. The Labute approximate surface area is 163 Å². The Balaban J connectivity index is 1.43. The molecule has 0 aliphatic carbocycles. The van der Waals surface area contributed by atoms with Crippen LogP contribution in [0.3, 0.4) is 0 Å². The van der Waals surface area contributed by atoms with Crippen LogP contribution in [0.1, 0.15) is 42.4 Å². The second kappa shape index (κ2) is 7.58. The fraction of sp³-hybridized carbons (Fsp3) is 0.429. The number of nitrogens with zero attached hydrogens (tertiary/aromatic N) is 4. The van der Waals surface area contributed by atoms with E-state index in [9.17, 15) is 9.59 Å². The van der Waals surface area contributed by atoms with Gasteiger partial charge in [-0.15, -0.1) is 0 Å². The van der Waals surface area contributed by atoms with E-state index in [1.165, 1.54) is 0 Å². The molecule has 7 nitrogen and oxygen atoms in total. The number of aromatic amines is 1. The quantitative estimate of drug-likeness (QED) is 0.755. The maximum absolute atomic E-state index is 12.8. The largest absolute Gasteiger partial charge is 0.347 e. The number of likely N-dealkylation sites (tertiary alicyclic amines) is 1. The van der Waals surface area contributed by atoms with Crippen LogP contribution in [0, 0.1) is 13.8 Å². The van der Waals surface area contributed by atoms with Crippen molar-refractivity contribution in [2.75, 3.05) is 13.1 Å². The minimum absolute atomic E-state index is 0.0766. The molecular formula is C21H25N5O2. The van der Waals surface area contributed by atoms with Crippen molar-refractivity contribution in [3.8, 4) is 0 Å². The molecule has 3 heterocycles. The number of para-hydroxylation sites is 2. The lowest BCUT2D eigenvalue weighted by Crippen LogP contribution is -2.40. The number of amides is 1. The number of aryl methyl sites for hydroxylation is 2. The van der Waals surface area contributed by atoms with E-state index < -0.39 is 0 Å². The molecule has 1 atom stereocenters. The summed E-state index contributed by atoms with van der Waals surface area (Å²) in [6.45, 7) is 5.46. The van der Waals surface area contributed by atoms with E-state index in [1.54, 1.807) is 11.5 Å². The molecule has 7 heteroatoms. The topological polar surface area (TPSA) is 83.9 Å². The summed E-state index contributed by atoms with van der Waals surface area (Å²) < 4.78 is 1.57. The second-order valence-electron chi connectivity index (χ2n) is 7.54. The zero-order valence-corrected chi connectivity index (χ0v) is 16.3.